The molecule has 0 radical (unpaired) electrons. The average molecular weight is 304 g/mol. The summed E-state index contributed by atoms with van der Waals surface area (Å²) in [7, 11) is 1.98. The van der Waals surface area contributed by atoms with Crippen molar-refractivity contribution in [1.82, 2.24) is 4.90 Å². The number of hydrogen-bond acceptors (Lipinski definition) is 4. The van der Waals surface area contributed by atoms with Crippen LogP contribution in [-0.2, 0) is 4.74 Å². The molecule has 1 unspecified atom stereocenters. The van der Waals surface area contributed by atoms with Gasteiger partial charge in [-0.15, -0.1) is 11.3 Å². The average Bonchev–Trinajstić information content (AvgIpc) is 2.86. The lowest BCUT2D eigenvalue weighted by atomic mass is 10.2. The van der Waals surface area contributed by atoms with E-state index in [1.165, 1.54) is 11.3 Å². The molecule has 0 spiro atoms. The fourth-order valence-electron chi connectivity index (χ4n) is 1.79. The first-order valence-corrected chi connectivity index (χ1v) is 6.90. The minimum Gasteiger partial charge on any atom is -0.380 e. The van der Waals surface area contributed by atoms with Crippen molar-refractivity contribution in [2.24, 2.45) is 0 Å². The van der Waals surface area contributed by atoms with E-state index in [1.54, 1.807) is 0 Å². The van der Waals surface area contributed by atoms with Gasteiger partial charge in [-0.1, -0.05) is 0 Å². The van der Waals surface area contributed by atoms with Crippen molar-refractivity contribution < 1.29 is 9.53 Å². The summed E-state index contributed by atoms with van der Waals surface area (Å²) in [5.74, 6) is 0.177. The molecule has 1 atom stereocenters. The monoisotopic (exact) mass is 303 g/mol. The van der Waals surface area contributed by atoms with Gasteiger partial charge in [0.25, 0.3) is 0 Å². The highest BCUT2D eigenvalue weighted by molar-refractivity contribution is 9.10. The fraction of sp³-hybridized carbons (Fsp3) is 0.545. The smallest absolute Gasteiger partial charge is 0.187 e. The molecule has 1 fully saturated rings. The Morgan fingerprint density at radius 3 is 3.12 bits per heavy atom. The van der Waals surface area contributed by atoms with Gasteiger partial charge in [0.15, 0.2) is 5.78 Å². The lowest BCUT2D eigenvalue weighted by Gasteiger charge is -2.21. The van der Waals surface area contributed by atoms with Crippen LogP contribution in [-0.4, -0.2) is 43.5 Å². The molecular formula is C11H14BrNO2S. The first-order valence-electron chi connectivity index (χ1n) is 5.22. The third-order valence-electron chi connectivity index (χ3n) is 2.79. The molecule has 2 heterocycles. The Balaban J connectivity index is 1.94. The van der Waals surface area contributed by atoms with Crippen molar-refractivity contribution in [3.05, 3.63) is 20.8 Å². The summed E-state index contributed by atoms with van der Waals surface area (Å²) in [6.45, 7) is 2.02. The van der Waals surface area contributed by atoms with Crippen molar-refractivity contribution in [2.75, 3.05) is 26.8 Å². The van der Waals surface area contributed by atoms with E-state index in [0.717, 1.165) is 29.0 Å². The molecule has 3 nitrogen and oxygen atoms in total. The number of ether oxygens (including phenoxy) is 1. The topological polar surface area (TPSA) is 29.5 Å². The minimum absolute atomic E-state index is 0.177. The van der Waals surface area contributed by atoms with Crippen LogP contribution in [0.1, 0.15) is 16.1 Å². The molecule has 0 aromatic carbocycles. The van der Waals surface area contributed by atoms with Crippen LogP contribution in [0.15, 0.2) is 15.9 Å². The Bertz CT molecular complexity index is 374. The highest BCUT2D eigenvalue weighted by Gasteiger charge is 2.23. The molecule has 2 rings (SSSR count). The third kappa shape index (κ3) is 2.71. The summed E-state index contributed by atoms with van der Waals surface area (Å²) >= 11 is 4.87. The van der Waals surface area contributed by atoms with Gasteiger partial charge in [-0.05, 0) is 40.8 Å². The van der Waals surface area contributed by atoms with Gasteiger partial charge in [-0.3, -0.25) is 9.69 Å². The quantitative estimate of drug-likeness (QED) is 0.800. The second kappa shape index (κ2) is 5.40. The van der Waals surface area contributed by atoms with Crippen LogP contribution in [0.5, 0.6) is 0 Å². The molecule has 1 aromatic rings. The molecule has 0 N–H and O–H groups in total. The Hall–Kier alpha value is -0.230. The SMILES string of the molecule is CN(CC(=O)c1sccc1Br)C1CCOC1. The first kappa shape index (κ1) is 12.2. The number of rotatable bonds is 4. The molecule has 16 heavy (non-hydrogen) atoms. The largest absolute Gasteiger partial charge is 0.380 e. The highest BCUT2D eigenvalue weighted by Crippen LogP contribution is 2.23. The normalized spacial score (nSPS) is 20.6. The number of ketones is 1. The number of halogens is 1. The molecule has 0 aliphatic carbocycles. The lowest BCUT2D eigenvalue weighted by molar-refractivity contribution is 0.0910. The van der Waals surface area contributed by atoms with Crippen LogP contribution in [0.4, 0.5) is 0 Å². The summed E-state index contributed by atoms with van der Waals surface area (Å²) in [6.07, 6.45) is 1.02. The molecule has 1 saturated heterocycles. The van der Waals surface area contributed by atoms with Crippen molar-refractivity contribution in [1.29, 1.82) is 0 Å². The Morgan fingerprint density at radius 1 is 1.75 bits per heavy atom. The van der Waals surface area contributed by atoms with Crippen LogP contribution in [0.25, 0.3) is 0 Å². The number of thiophene rings is 1. The predicted octanol–water partition coefficient (Wildman–Crippen LogP) is 2.41. The summed E-state index contributed by atoms with van der Waals surface area (Å²) in [6, 6.07) is 2.30. The third-order valence-corrected chi connectivity index (χ3v) is 4.67. The number of carbonyl (C=O) groups is 1. The summed E-state index contributed by atoms with van der Waals surface area (Å²) in [5, 5.41) is 1.93. The van der Waals surface area contributed by atoms with Gasteiger partial charge in [0.2, 0.25) is 0 Å². The highest BCUT2D eigenvalue weighted by atomic mass is 79.9. The standard InChI is InChI=1S/C11H14BrNO2S/c1-13(8-2-4-15-7-8)6-10(14)11-9(12)3-5-16-11/h3,5,8H,2,4,6-7H2,1H3. The number of nitrogens with zero attached hydrogens (tertiary/aromatic N) is 1. The van der Waals surface area contributed by atoms with E-state index in [1.807, 2.05) is 18.5 Å². The van der Waals surface area contributed by atoms with Gasteiger partial charge >= 0.3 is 0 Å². The zero-order valence-corrected chi connectivity index (χ0v) is 11.5. The van der Waals surface area contributed by atoms with Crippen LogP contribution >= 0.6 is 27.3 Å². The van der Waals surface area contributed by atoms with Crippen molar-refractivity contribution in [3.8, 4) is 0 Å². The maximum absolute atomic E-state index is 12.0. The molecule has 1 aliphatic heterocycles. The summed E-state index contributed by atoms with van der Waals surface area (Å²) < 4.78 is 6.22. The molecular weight excluding hydrogens is 290 g/mol. The number of hydrogen-bond donors (Lipinski definition) is 0. The molecule has 5 heteroatoms. The molecule has 0 saturated carbocycles. The van der Waals surface area contributed by atoms with E-state index in [4.69, 9.17) is 4.74 Å². The van der Waals surface area contributed by atoms with Crippen LogP contribution in [0, 0.1) is 0 Å². The van der Waals surface area contributed by atoms with E-state index in [-0.39, 0.29) is 5.78 Å². The van der Waals surface area contributed by atoms with Gasteiger partial charge in [-0.25, -0.2) is 0 Å². The van der Waals surface area contributed by atoms with E-state index in [0.29, 0.717) is 12.6 Å². The van der Waals surface area contributed by atoms with E-state index in [9.17, 15) is 4.79 Å². The second-order valence-electron chi connectivity index (χ2n) is 3.95. The summed E-state index contributed by atoms with van der Waals surface area (Å²) in [5.41, 5.74) is 0. The number of carbonyl (C=O) groups excluding carboxylic acids is 1. The second-order valence-corrected chi connectivity index (χ2v) is 5.72. The van der Waals surface area contributed by atoms with Gasteiger partial charge in [0, 0.05) is 17.1 Å². The molecule has 0 bridgehead atoms. The van der Waals surface area contributed by atoms with Crippen LogP contribution < -0.4 is 0 Å². The van der Waals surface area contributed by atoms with Crippen molar-refractivity contribution in [3.63, 3.8) is 0 Å². The Morgan fingerprint density at radius 2 is 2.56 bits per heavy atom. The number of likely N-dealkylation sites (N-methyl/N-ethyl adjacent to an activating group) is 1. The van der Waals surface area contributed by atoms with E-state index < -0.39 is 0 Å². The summed E-state index contributed by atoms with van der Waals surface area (Å²) in [4.78, 5) is 14.9. The van der Waals surface area contributed by atoms with Crippen molar-refractivity contribution >= 4 is 33.0 Å². The van der Waals surface area contributed by atoms with Gasteiger partial charge in [0.05, 0.1) is 18.0 Å². The molecule has 0 amide bonds. The lowest BCUT2D eigenvalue weighted by Crippen LogP contribution is -2.36. The van der Waals surface area contributed by atoms with Crippen LogP contribution in [0.3, 0.4) is 0 Å². The van der Waals surface area contributed by atoms with Gasteiger partial charge < -0.3 is 4.74 Å². The number of Topliss-reactive ketones (excluding diaryl/α,β-unsaturated/α-hetero) is 1. The predicted molar refractivity (Wildman–Crippen MR) is 68.2 cm³/mol. The van der Waals surface area contributed by atoms with E-state index >= 15 is 0 Å². The van der Waals surface area contributed by atoms with E-state index in [2.05, 4.69) is 20.8 Å². The van der Waals surface area contributed by atoms with Crippen molar-refractivity contribution in [2.45, 2.75) is 12.5 Å². The zero-order chi connectivity index (χ0) is 11.5. The Kier molecular flexibility index (Phi) is 4.13. The maximum atomic E-state index is 12.0. The van der Waals surface area contributed by atoms with Gasteiger partial charge in [-0.2, -0.15) is 0 Å². The molecule has 88 valence electrons. The fourth-order valence-corrected chi connectivity index (χ4v) is 3.32. The minimum atomic E-state index is 0.177. The molecule has 1 aliphatic rings. The van der Waals surface area contributed by atoms with Crippen LogP contribution in [0.2, 0.25) is 0 Å². The maximum Gasteiger partial charge on any atom is 0.187 e. The van der Waals surface area contributed by atoms with Gasteiger partial charge in [0.1, 0.15) is 0 Å². The Labute approximate surface area is 108 Å². The molecule has 1 aromatic heterocycles. The zero-order valence-electron chi connectivity index (χ0n) is 9.11. The first-order chi connectivity index (χ1) is 7.68.